The summed E-state index contributed by atoms with van der Waals surface area (Å²) in [4.78, 5) is 137. The molecular formula is C106H126F4N20O12. The Morgan fingerprint density at radius 2 is 0.662 bits per heavy atom. The summed E-state index contributed by atoms with van der Waals surface area (Å²) in [5.74, 6) is -1.64. The van der Waals surface area contributed by atoms with Gasteiger partial charge in [0.1, 0.15) is 70.5 Å². The molecular weight excluding hydrogens is 1820 g/mol. The van der Waals surface area contributed by atoms with Crippen molar-refractivity contribution >= 4 is 69.8 Å². The molecule has 36 heteroatoms. The van der Waals surface area contributed by atoms with Crippen molar-refractivity contribution in [3.05, 3.63) is 214 Å². The summed E-state index contributed by atoms with van der Waals surface area (Å²) in [6, 6.07) is 31.6. The Bertz CT molecular complexity index is 6670. The smallest absolute Gasteiger partial charge is 0.274 e. The first-order chi connectivity index (χ1) is 67.7. The van der Waals surface area contributed by atoms with Crippen LogP contribution >= 0.6 is 0 Å². The van der Waals surface area contributed by atoms with Crippen molar-refractivity contribution in [3.63, 3.8) is 0 Å². The van der Waals surface area contributed by atoms with Gasteiger partial charge in [-0.2, -0.15) is 20.4 Å². The first-order valence-electron chi connectivity index (χ1n) is 49.4. The molecule has 19 rings (SSSR count). The number of aliphatic hydroxyl groups excluding tert-OH is 4. The van der Waals surface area contributed by atoms with Crippen molar-refractivity contribution in [1.82, 2.24) is 97.6 Å². The molecule has 7 atom stereocenters. The molecule has 750 valence electrons. The predicted octanol–water partition coefficient (Wildman–Crippen LogP) is 12.9. The molecule has 7 fully saturated rings. The Morgan fingerprint density at radius 3 is 0.951 bits per heavy atom. The van der Waals surface area contributed by atoms with E-state index < -0.39 is 35.4 Å². The van der Waals surface area contributed by atoms with E-state index in [0.717, 1.165) is 83.0 Å². The maximum Gasteiger partial charge on any atom is 0.274 e. The highest BCUT2D eigenvalue weighted by Gasteiger charge is 2.45. The maximum atomic E-state index is 13.6. The number of aromatic nitrogens is 12. The Balaban J connectivity index is 0.000000136. The molecule has 4 saturated heterocycles. The van der Waals surface area contributed by atoms with Gasteiger partial charge in [0.2, 0.25) is 0 Å². The molecule has 32 nitrogen and oxygen atoms in total. The Morgan fingerprint density at radius 1 is 0.380 bits per heavy atom. The molecule has 12 aromatic rings. The number of rotatable bonds is 22. The van der Waals surface area contributed by atoms with E-state index in [1.54, 1.807) is 131 Å². The summed E-state index contributed by atoms with van der Waals surface area (Å²) in [6.07, 6.45) is 12.7. The van der Waals surface area contributed by atoms with Crippen LogP contribution in [0.15, 0.2) is 146 Å². The van der Waals surface area contributed by atoms with Gasteiger partial charge in [0, 0.05) is 124 Å². The number of aryl methyl sites for hydroxylation is 3. The number of hydrogen-bond donors (Lipinski definition) is 4. The van der Waals surface area contributed by atoms with Crippen LogP contribution in [0, 0.1) is 46.4 Å². The largest absolute Gasteiger partial charge is 0.383 e. The number of halogens is 4. The number of benzene rings is 4. The highest BCUT2D eigenvalue weighted by Crippen LogP contribution is 2.39. The first kappa shape index (κ1) is 102. The topological polar surface area (TPSA) is 364 Å². The van der Waals surface area contributed by atoms with E-state index in [1.807, 2.05) is 100 Å². The fraction of sp³-hybridized carbons (Fsp3) is 0.472. The van der Waals surface area contributed by atoms with Crippen LogP contribution in [0.3, 0.4) is 0 Å². The number of imidazole rings is 4. The average Bonchev–Trinajstić information content (AvgIpc) is 0.942. The van der Waals surface area contributed by atoms with Crippen LogP contribution in [0.5, 0.6) is 0 Å². The molecule has 4 N–H and O–H groups in total. The maximum absolute atomic E-state index is 13.6. The molecule has 4 aromatic carbocycles. The Kier molecular flexibility index (Phi) is 30.4. The lowest BCUT2D eigenvalue weighted by Gasteiger charge is -2.47. The number of carbonyl (C=O) groups excluding carboxylic acids is 8. The standard InChI is InChI=1S/2C27H32FN5O3.C26H30FN5O3.C26H32FN5O3/c1-16(2)21-13-22(19-6-8-20(28)9-7-19)30-33-15-23(29-25(21)33)26(35)31-10-11-32(17(3)14-31)27(36)24(34)12-18-4-5-18;1-4-18-14-21(19-7-9-20(28)10-8-19)30-33-15-22(29-24(18)33)25(35)32-12-11-31(16-27(32,2)3)26(36)23(34)13-17-5-6-17;1-3-18-13-21(19-6-8-20(27)9-7-19)29-32-15-22(28-24(18)32)25(34)30-10-11-31(16(2)14-30)26(35)23(33)12-17-4-5-17;1-6-17-13-20(18-7-9-19(27)10-8-18)29-32-15-21(28-23(17)32)24(34)30-11-12-31(16(2)14-30)25(35)22(33)26(3,4)5/h6-9,13,15-18,24,34H,4-5,10-12,14H2,1-3H3;7-10,14-15,17,23,34H,4-6,11-13,16H2,1-3H3;6-9,13,15-17,23,33H,3-5,10-12,14H2,1-2H3;7-10,13,15-16,22,33H,6,11-12,14H2,1-5H3/t17-,24+;23-;16-,23+;16-,22-/m0100/s1. The minimum Gasteiger partial charge on any atom is -0.383 e. The molecule has 3 saturated carbocycles. The fourth-order valence-electron chi connectivity index (χ4n) is 19.0. The number of aliphatic hydroxyl groups is 4. The number of piperazine rings is 4. The van der Waals surface area contributed by atoms with E-state index in [1.165, 1.54) is 48.5 Å². The molecule has 0 unspecified atom stereocenters. The third-order valence-electron chi connectivity index (χ3n) is 27.9. The quantitative estimate of drug-likeness (QED) is 0.0458. The molecule has 8 aromatic heterocycles. The average molecular weight is 1950 g/mol. The van der Waals surface area contributed by atoms with Crippen molar-refractivity contribution in [3.8, 4) is 45.0 Å². The van der Waals surface area contributed by atoms with E-state index in [-0.39, 0.29) is 106 Å². The number of hydrogen-bond acceptors (Lipinski definition) is 20. The van der Waals surface area contributed by atoms with Gasteiger partial charge in [0.15, 0.2) is 22.6 Å². The number of carbonyl (C=O) groups is 8. The lowest BCUT2D eigenvalue weighted by molar-refractivity contribution is -0.150. The molecule has 0 bridgehead atoms. The van der Waals surface area contributed by atoms with Crippen LogP contribution in [0.2, 0.25) is 0 Å². The molecule has 0 radical (unpaired) electrons. The van der Waals surface area contributed by atoms with Crippen molar-refractivity contribution in [1.29, 1.82) is 0 Å². The van der Waals surface area contributed by atoms with Gasteiger partial charge in [0.05, 0.1) is 53.1 Å². The van der Waals surface area contributed by atoms with Crippen LogP contribution < -0.4 is 0 Å². The summed E-state index contributed by atoms with van der Waals surface area (Å²) in [5.41, 5.74) is 12.0. The lowest BCUT2D eigenvalue weighted by atomic mass is 9.88. The number of nitrogens with zero attached hydrogens (tertiary/aromatic N) is 20. The second kappa shape index (κ2) is 42.5. The highest BCUT2D eigenvalue weighted by molar-refractivity contribution is 5.96. The van der Waals surface area contributed by atoms with E-state index >= 15 is 0 Å². The van der Waals surface area contributed by atoms with E-state index in [2.05, 4.69) is 54.2 Å². The van der Waals surface area contributed by atoms with Gasteiger partial charge in [-0.25, -0.2) is 55.6 Å². The van der Waals surface area contributed by atoms with Crippen LogP contribution in [-0.2, 0) is 38.4 Å². The zero-order valence-corrected chi connectivity index (χ0v) is 82.7. The first-order valence-corrected chi connectivity index (χ1v) is 49.4. The van der Waals surface area contributed by atoms with Gasteiger partial charge >= 0.3 is 0 Å². The second-order valence-corrected chi connectivity index (χ2v) is 40.7. The zero-order valence-electron chi connectivity index (χ0n) is 82.7. The minimum absolute atomic E-state index is 0.136. The van der Waals surface area contributed by atoms with Crippen molar-refractivity contribution in [2.24, 2.45) is 23.2 Å². The Hall–Kier alpha value is -13.3. The number of fused-ring (bicyclic) bond motifs is 4. The molecule has 8 amide bonds. The second-order valence-electron chi connectivity index (χ2n) is 40.7. The predicted molar refractivity (Wildman–Crippen MR) is 524 cm³/mol. The van der Waals surface area contributed by atoms with Crippen LogP contribution in [0.4, 0.5) is 17.6 Å². The van der Waals surface area contributed by atoms with Crippen molar-refractivity contribution < 1.29 is 76.3 Å². The van der Waals surface area contributed by atoms with Crippen LogP contribution in [0.25, 0.3) is 67.6 Å². The van der Waals surface area contributed by atoms with Gasteiger partial charge in [-0.3, -0.25) is 38.4 Å². The van der Waals surface area contributed by atoms with Crippen LogP contribution in [-0.4, -0.2) is 292 Å². The third kappa shape index (κ3) is 23.0. The third-order valence-corrected chi connectivity index (χ3v) is 27.9. The van der Waals surface area contributed by atoms with E-state index in [4.69, 9.17) is 0 Å². The Labute approximate surface area is 821 Å². The lowest BCUT2D eigenvalue weighted by Crippen LogP contribution is -2.63. The minimum atomic E-state index is -1.10. The summed E-state index contributed by atoms with van der Waals surface area (Å²) in [5, 5.41) is 59.8. The fourth-order valence-corrected chi connectivity index (χ4v) is 19.0. The van der Waals surface area contributed by atoms with Gasteiger partial charge in [-0.05, 0) is 240 Å². The summed E-state index contributed by atoms with van der Waals surface area (Å²) in [7, 11) is 0. The monoisotopic (exact) mass is 1950 g/mol. The SMILES string of the molecule is CC(C)c1cc(-c2ccc(F)cc2)nn2cc(C(=O)N3CCN(C(=O)[C@H](O)CC4CC4)[C@@H](C)C3)nc12.CCc1cc(-c2ccc(F)cc2)nn2cc(C(=O)N3CCN(C(=O)[C@H](O)C(C)(C)C)[C@@H](C)C3)nc12.CCc1cc(-c2ccc(F)cc2)nn2cc(C(=O)N3CCN(C(=O)[C@H](O)CC4CC4)CC3(C)C)nc12.CCc1cc(-c2ccc(F)cc2)nn2cc(C(=O)N3CCN(C(=O)[C@H](O)CC4CC4)[C@@H](C)C3)nc12. The van der Waals surface area contributed by atoms with Gasteiger partial charge < -0.3 is 59.6 Å². The van der Waals surface area contributed by atoms with Gasteiger partial charge in [0.25, 0.3) is 47.3 Å². The van der Waals surface area contributed by atoms with E-state index in [9.17, 15) is 76.3 Å². The zero-order chi connectivity index (χ0) is 101. The van der Waals surface area contributed by atoms with Crippen molar-refractivity contribution in [2.45, 2.75) is 221 Å². The van der Waals surface area contributed by atoms with Gasteiger partial charge in [-0.15, -0.1) is 0 Å². The summed E-state index contributed by atoms with van der Waals surface area (Å²) in [6.45, 7) is 29.5. The highest BCUT2D eigenvalue weighted by atomic mass is 19.1. The molecule has 3 aliphatic carbocycles. The van der Waals surface area contributed by atoms with Crippen molar-refractivity contribution in [2.75, 3.05) is 78.5 Å². The molecule has 12 heterocycles. The molecule has 0 spiro atoms. The van der Waals surface area contributed by atoms with Gasteiger partial charge in [-0.1, -0.05) is 93.9 Å². The normalized spacial score (nSPS) is 18.6. The molecule has 7 aliphatic rings. The number of amides is 8. The van der Waals surface area contributed by atoms with E-state index in [0.29, 0.717) is 192 Å². The molecule has 142 heavy (non-hydrogen) atoms. The van der Waals surface area contributed by atoms with Crippen LogP contribution in [0.1, 0.15) is 218 Å². The molecule has 4 aliphatic heterocycles. The summed E-state index contributed by atoms with van der Waals surface area (Å²) >= 11 is 0. The summed E-state index contributed by atoms with van der Waals surface area (Å²) < 4.78 is 59.9.